The van der Waals surface area contributed by atoms with E-state index in [9.17, 15) is 0 Å². The summed E-state index contributed by atoms with van der Waals surface area (Å²) in [6.45, 7) is 0.765. The lowest BCUT2D eigenvalue weighted by Crippen LogP contribution is -2.09. The molecule has 8 heteroatoms. The van der Waals surface area contributed by atoms with Crippen LogP contribution in [0, 0.1) is 0 Å². The molecule has 51 heavy (non-hydrogen) atoms. The number of hydrogen-bond acceptors (Lipinski definition) is 5. The Morgan fingerprint density at radius 3 is 1.71 bits per heavy atom. The molecule has 0 saturated heterocycles. The van der Waals surface area contributed by atoms with Gasteiger partial charge in [0, 0.05) is 42.5 Å². The molecule has 0 saturated carbocycles. The summed E-state index contributed by atoms with van der Waals surface area (Å²) in [6, 6.07) is 46.9. The van der Waals surface area contributed by atoms with Gasteiger partial charge in [-0.2, -0.15) is 0 Å². The molecule has 9 aromatic rings. The van der Waals surface area contributed by atoms with E-state index in [0.29, 0.717) is 19.0 Å². The molecule has 0 fully saturated rings. The van der Waals surface area contributed by atoms with Crippen molar-refractivity contribution in [3.8, 4) is 45.4 Å². The molecule has 0 unspecified atom stereocenters. The highest BCUT2D eigenvalue weighted by Crippen LogP contribution is 2.38. The van der Waals surface area contributed by atoms with Crippen LogP contribution in [0.5, 0.6) is 11.5 Å². The first-order chi connectivity index (χ1) is 25.1. The summed E-state index contributed by atoms with van der Waals surface area (Å²) >= 11 is 7.30. The van der Waals surface area contributed by atoms with E-state index in [4.69, 9.17) is 24.4 Å². The van der Waals surface area contributed by atoms with E-state index >= 15 is 0 Å². The zero-order valence-corrected chi connectivity index (χ0v) is 30.3. The first-order valence-corrected chi connectivity index (χ1v) is 18.1. The Balaban J connectivity index is 0.915. The summed E-state index contributed by atoms with van der Waals surface area (Å²) in [5.41, 5.74) is 8.24. The molecule has 0 atom stereocenters. The van der Waals surface area contributed by atoms with Crippen LogP contribution in [0.1, 0.15) is 0 Å². The minimum Gasteiger partial charge on any atom is -0.490 e. The Bertz CT molecular complexity index is 2640. The van der Waals surface area contributed by atoms with Crippen LogP contribution in [-0.4, -0.2) is 33.1 Å². The van der Waals surface area contributed by atoms with Crippen LogP contribution < -0.4 is 9.47 Å². The molecule has 0 aliphatic heterocycles. The third-order valence-corrected chi connectivity index (χ3v) is 9.95. The third kappa shape index (κ3) is 6.11. The number of hydrogen-bond donors (Lipinski definition) is 1. The fourth-order valence-electron chi connectivity index (χ4n) is 6.55. The zero-order valence-electron chi connectivity index (χ0n) is 27.1. The highest BCUT2D eigenvalue weighted by atomic mass is 79.9. The third-order valence-electron chi connectivity index (χ3n) is 8.96. The molecule has 9 rings (SSSR count). The van der Waals surface area contributed by atoms with E-state index < -0.39 is 0 Å². The van der Waals surface area contributed by atoms with E-state index in [0.717, 1.165) is 81.4 Å². The second-order valence-corrected chi connectivity index (χ2v) is 14.0. The maximum atomic E-state index is 6.10. The number of nitrogens with one attached hydrogen (secondary N) is 1. The van der Waals surface area contributed by atoms with Gasteiger partial charge in [0.2, 0.25) is 0 Å². The van der Waals surface area contributed by atoms with Gasteiger partial charge in [-0.15, -0.1) is 0 Å². The van der Waals surface area contributed by atoms with Crippen LogP contribution in [0.15, 0.2) is 148 Å². The minimum absolute atomic E-state index is 0.378. The van der Waals surface area contributed by atoms with Crippen LogP contribution in [0.2, 0.25) is 0 Å². The molecule has 6 nitrogen and oxygen atoms in total. The summed E-state index contributed by atoms with van der Waals surface area (Å²) in [7, 11) is 0. The van der Waals surface area contributed by atoms with Gasteiger partial charge in [0.05, 0.1) is 33.5 Å². The van der Waals surface area contributed by atoms with Crippen LogP contribution in [-0.2, 0) is 0 Å². The number of aromatic amines is 1. The molecule has 7 aromatic carbocycles. The smallest absolute Gasteiger partial charge is 0.138 e. The van der Waals surface area contributed by atoms with Gasteiger partial charge < -0.3 is 14.5 Å². The van der Waals surface area contributed by atoms with E-state index in [1.165, 1.54) is 10.8 Å². The lowest BCUT2D eigenvalue weighted by Gasteiger charge is -2.12. The van der Waals surface area contributed by atoms with Crippen molar-refractivity contribution in [1.82, 2.24) is 19.9 Å². The number of benzene rings is 7. The standard InChI is InChI=1S/C43H28Br2N4O2/c44-29-13-18-33-34-19-14-30(45)24-36(34)42-41(35(33)23-29)48-43(49-42)28-11-15-31(16-12-28)50-21-22-51-32-17-20-37-38(25-32)47-40(27-9-5-2-6-10-27)39(46-37)26-7-3-1-4-8-26/h1-20,23-25H,21-22H2,(H,48,49). The van der Waals surface area contributed by atoms with E-state index in [1.807, 2.05) is 78.9 Å². The molecule has 246 valence electrons. The molecule has 2 heterocycles. The summed E-state index contributed by atoms with van der Waals surface area (Å²) < 4.78 is 14.2. The molecule has 0 aliphatic carbocycles. The molecule has 0 radical (unpaired) electrons. The Morgan fingerprint density at radius 1 is 0.471 bits per heavy atom. The van der Waals surface area contributed by atoms with Gasteiger partial charge in [-0.1, -0.05) is 105 Å². The second kappa shape index (κ2) is 13.3. The number of fused-ring (bicyclic) bond motifs is 7. The molecule has 0 amide bonds. The lowest BCUT2D eigenvalue weighted by molar-refractivity contribution is 0.217. The summed E-state index contributed by atoms with van der Waals surface area (Å²) in [4.78, 5) is 18.8. The average molecular weight is 793 g/mol. The second-order valence-electron chi connectivity index (χ2n) is 12.2. The summed E-state index contributed by atoms with van der Waals surface area (Å²) in [5.74, 6) is 2.28. The number of halogens is 2. The van der Waals surface area contributed by atoms with Crippen molar-refractivity contribution in [2.75, 3.05) is 13.2 Å². The molecule has 0 aliphatic rings. The number of ether oxygens (including phenoxy) is 2. The van der Waals surface area contributed by atoms with Crippen molar-refractivity contribution < 1.29 is 9.47 Å². The van der Waals surface area contributed by atoms with Crippen molar-refractivity contribution >= 4 is 75.5 Å². The fraction of sp³-hybridized carbons (Fsp3) is 0.0465. The van der Waals surface area contributed by atoms with E-state index in [2.05, 4.69) is 97.5 Å². The van der Waals surface area contributed by atoms with E-state index in [-0.39, 0.29) is 0 Å². The summed E-state index contributed by atoms with van der Waals surface area (Å²) in [5, 5.41) is 4.58. The maximum absolute atomic E-state index is 6.10. The van der Waals surface area contributed by atoms with Crippen molar-refractivity contribution in [1.29, 1.82) is 0 Å². The topological polar surface area (TPSA) is 72.9 Å². The quantitative estimate of drug-likeness (QED) is 0.123. The van der Waals surface area contributed by atoms with Gasteiger partial charge in [-0.05, 0) is 71.4 Å². The van der Waals surface area contributed by atoms with Crippen molar-refractivity contribution in [3.05, 3.63) is 148 Å². The van der Waals surface area contributed by atoms with E-state index in [1.54, 1.807) is 0 Å². The SMILES string of the molecule is Brc1ccc2c3ccc(Br)cc3c3[nH]c(-c4ccc(OCCOc5ccc6nc(-c7ccccc7)c(-c7ccccc7)nc6c5)cc4)nc3c2c1. The van der Waals surface area contributed by atoms with Crippen molar-refractivity contribution in [2.24, 2.45) is 0 Å². The molecular formula is C43H28Br2N4O2. The number of aromatic nitrogens is 4. The largest absolute Gasteiger partial charge is 0.490 e. The zero-order chi connectivity index (χ0) is 34.3. The predicted molar refractivity (Wildman–Crippen MR) is 213 cm³/mol. The Hall–Kier alpha value is -5.57. The molecule has 2 aromatic heterocycles. The number of H-pyrrole nitrogens is 1. The van der Waals surface area contributed by atoms with Gasteiger partial charge >= 0.3 is 0 Å². The highest BCUT2D eigenvalue weighted by molar-refractivity contribution is 9.10. The normalized spacial score (nSPS) is 11.5. The number of imidazole rings is 1. The molecule has 1 N–H and O–H groups in total. The Kier molecular flexibility index (Phi) is 8.18. The highest BCUT2D eigenvalue weighted by Gasteiger charge is 2.16. The first-order valence-electron chi connectivity index (χ1n) is 16.6. The van der Waals surface area contributed by atoms with Crippen LogP contribution in [0.4, 0.5) is 0 Å². The van der Waals surface area contributed by atoms with Crippen LogP contribution in [0.3, 0.4) is 0 Å². The van der Waals surface area contributed by atoms with Gasteiger partial charge in [0.15, 0.2) is 0 Å². The Morgan fingerprint density at radius 2 is 1.04 bits per heavy atom. The van der Waals surface area contributed by atoms with Crippen LogP contribution >= 0.6 is 31.9 Å². The molecule has 0 bridgehead atoms. The number of rotatable bonds is 8. The minimum atomic E-state index is 0.378. The maximum Gasteiger partial charge on any atom is 0.138 e. The van der Waals surface area contributed by atoms with Gasteiger partial charge in [-0.3, -0.25) is 0 Å². The van der Waals surface area contributed by atoms with Crippen LogP contribution in [0.25, 0.3) is 77.5 Å². The monoisotopic (exact) mass is 790 g/mol. The number of nitrogens with zero attached hydrogens (tertiary/aromatic N) is 3. The molecular weight excluding hydrogens is 764 g/mol. The Labute approximate surface area is 310 Å². The lowest BCUT2D eigenvalue weighted by atomic mass is 10.0. The fourth-order valence-corrected chi connectivity index (χ4v) is 7.27. The van der Waals surface area contributed by atoms with Crippen molar-refractivity contribution in [2.45, 2.75) is 0 Å². The van der Waals surface area contributed by atoms with Gasteiger partial charge in [0.25, 0.3) is 0 Å². The van der Waals surface area contributed by atoms with Gasteiger partial charge in [0.1, 0.15) is 30.5 Å². The van der Waals surface area contributed by atoms with Gasteiger partial charge in [-0.25, -0.2) is 15.0 Å². The summed E-state index contributed by atoms with van der Waals surface area (Å²) in [6.07, 6.45) is 0. The predicted octanol–water partition coefficient (Wildman–Crippen LogP) is 11.8. The molecule has 0 spiro atoms. The van der Waals surface area contributed by atoms with Crippen molar-refractivity contribution in [3.63, 3.8) is 0 Å². The average Bonchev–Trinajstić information content (AvgIpc) is 3.63. The first kappa shape index (κ1) is 31.4.